The highest BCUT2D eigenvalue weighted by molar-refractivity contribution is 9.10. The number of fused-ring (bicyclic) bond motifs is 1. The number of H-pyrrole nitrogens is 1. The molecule has 2 rings (SSSR count). The molecule has 2 N–H and O–H groups in total. The third kappa shape index (κ3) is 3.01. The predicted octanol–water partition coefficient (Wildman–Crippen LogP) is 2.87. The molecule has 0 bridgehead atoms. The lowest BCUT2D eigenvalue weighted by Crippen LogP contribution is -2.36. The summed E-state index contributed by atoms with van der Waals surface area (Å²) in [5.74, 6) is -0.346. The summed E-state index contributed by atoms with van der Waals surface area (Å²) in [6.45, 7) is 0.948. The van der Waals surface area contributed by atoms with Crippen LogP contribution in [0.2, 0.25) is 0 Å². The zero-order valence-corrected chi connectivity index (χ0v) is 13.4. The number of carbonyl (C=O) groups excluding carboxylic acids is 1. The van der Waals surface area contributed by atoms with Crippen molar-refractivity contribution in [3.8, 4) is 0 Å². The number of urea groups is 1. The highest BCUT2D eigenvalue weighted by Crippen LogP contribution is 2.23. The minimum Gasteiger partial charge on any atom is -0.336 e. The van der Waals surface area contributed by atoms with E-state index in [0.29, 0.717) is 27.8 Å². The number of nitrogens with one attached hydrogen (secondary N) is 2. The Morgan fingerprint density at radius 1 is 1.55 bits per heavy atom. The Morgan fingerprint density at radius 2 is 2.25 bits per heavy atom. The number of carbonyl (C=O) groups is 1. The van der Waals surface area contributed by atoms with E-state index in [2.05, 4.69) is 26.2 Å². The zero-order valence-electron chi connectivity index (χ0n) is 11.0. The molecule has 1 aromatic carbocycles. The third-order valence-corrected chi connectivity index (χ3v) is 3.76. The first-order valence-electron chi connectivity index (χ1n) is 5.93. The molecule has 1 heterocycles. The van der Waals surface area contributed by atoms with Crippen LogP contribution in [-0.2, 0) is 6.54 Å². The Balaban J connectivity index is 2.22. The predicted molar refractivity (Wildman–Crippen MR) is 81.9 cm³/mol. The summed E-state index contributed by atoms with van der Waals surface area (Å²) in [6.07, 6.45) is 0. The molecule has 0 saturated heterocycles. The van der Waals surface area contributed by atoms with E-state index in [1.807, 2.05) is 4.57 Å². The van der Waals surface area contributed by atoms with E-state index in [9.17, 15) is 9.18 Å². The van der Waals surface area contributed by atoms with Gasteiger partial charge in [-0.1, -0.05) is 0 Å². The summed E-state index contributed by atoms with van der Waals surface area (Å²) >= 11 is 8.37. The van der Waals surface area contributed by atoms with Gasteiger partial charge in [0.15, 0.2) is 4.77 Å². The standard InChI is InChI=1S/C12H14BrFN4OS/c1-17(2)11(19)15-3-4-18-10-5-7(13)8(14)6-9(10)16-12(18)20/h5-6H,3-4H2,1-2H3,(H,15,19)(H,16,20). The molecule has 2 amide bonds. The molecular weight excluding hydrogens is 347 g/mol. The van der Waals surface area contributed by atoms with E-state index in [1.165, 1.54) is 11.0 Å². The molecule has 0 spiro atoms. The van der Waals surface area contributed by atoms with Crippen molar-refractivity contribution in [1.82, 2.24) is 19.8 Å². The van der Waals surface area contributed by atoms with Crippen molar-refractivity contribution in [2.75, 3.05) is 20.6 Å². The van der Waals surface area contributed by atoms with Crippen LogP contribution in [0.1, 0.15) is 0 Å². The number of imidazole rings is 1. The van der Waals surface area contributed by atoms with Crippen molar-refractivity contribution in [2.24, 2.45) is 0 Å². The van der Waals surface area contributed by atoms with Gasteiger partial charge in [-0.15, -0.1) is 0 Å². The molecule has 8 heteroatoms. The zero-order chi connectivity index (χ0) is 14.9. The maximum atomic E-state index is 13.5. The average Bonchev–Trinajstić information content (AvgIpc) is 2.66. The van der Waals surface area contributed by atoms with E-state index in [0.717, 1.165) is 5.52 Å². The number of rotatable bonds is 3. The molecule has 0 aliphatic rings. The van der Waals surface area contributed by atoms with Gasteiger partial charge in [-0.25, -0.2) is 9.18 Å². The molecule has 0 fully saturated rings. The first kappa shape index (κ1) is 15.0. The summed E-state index contributed by atoms with van der Waals surface area (Å²) in [5.41, 5.74) is 1.43. The van der Waals surface area contributed by atoms with Gasteiger partial charge in [-0.2, -0.15) is 0 Å². The van der Waals surface area contributed by atoms with Gasteiger partial charge in [-0.05, 0) is 34.2 Å². The molecule has 0 aliphatic carbocycles. The molecule has 108 valence electrons. The molecule has 0 atom stereocenters. The number of hydrogen-bond acceptors (Lipinski definition) is 2. The fourth-order valence-corrected chi connectivity index (χ4v) is 2.44. The Hall–Kier alpha value is -1.41. The third-order valence-electron chi connectivity index (χ3n) is 2.83. The van der Waals surface area contributed by atoms with Crippen molar-refractivity contribution in [2.45, 2.75) is 6.54 Å². The lowest BCUT2D eigenvalue weighted by Gasteiger charge is -2.12. The van der Waals surface area contributed by atoms with Crippen molar-refractivity contribution < 1.29 is 9.18 Å². The summed E-state index contributed by atoms with van der Waals surface area (Å²) in [5, 5.41) is 2.76. The van der Waals surface area contributed by atoms with Gasteiger partial charge < -0.3 is 19.8 Å². The highest BCUT2D eigenvalue weighted by Gasteiger charge is 2.09. The van der Waals surface area contributed by atoms with E-state index in [-0.39, 0.29) is 11.8 Å². The second-order valence-corrected chi connectivity index (χ2v) is 5.73. The van der Waals surface area contributed by atoms with Gasteiger partial charge in [0.05, 0.1) is 15.5 Å². The first-order valence-corrected chi connectivity index (χ1v) is 7.13. The molecule has 0 unspecified atom stereocenters. The number of aromatic nitrogens is 2. The van der Waals surface area contributed by atoms with Gasteiger partial charge in [0.25, 0.3) is 0 Å². The smallest absolute Gasteiger partial charge is 0.316 e. The van der Waals surface area contributed by atoms with Gasteiger partial charge >= 0.3 is 6.03 Å². The number of amides is 2. The van der Waals surface area contributed by atoms with Crippen LogP contribution in [0.5, 0.6) is 0 Å². The fraction of sp³-hybridized carbons (Fsp3) is 0.333. The maximum Gasteiger partial charge on any atom is 0.316 e. The van der Waals surface area contributed by atoms with Gasteiger partial charge in [0.1, 0.15) is 5.82 Å². The topological polar surface area (TPSA) is 53.1 Å². The minimum absolute atomic E-state index is 0.163. The lowest BCUT2D eigenvalue weighted by molar-refractivity contribution is 0.217. The van der Waals surface area contributed by atoms with Crippen LogP contribution in [0, 0.1) is 10.6 Å². The SMILES string of the molecule is CN(C)C(=O)NCCn1c(=S)[nH]c2cc(F)c(Br)cc21. The minimum atomic E-state index is -0.346. The van der Waals surface area contributed by atoms with Crippen LogP contribution < -0.4 is 5.32 Å². The normalized spacial score (nSPS) is 10.8. The van der Waals surface area contributed by atoms with E-state index in [4.69, 9.17) is 12.2 Å². The first-order chi connectivity index (χ1) is 9.40. The Bertz CT molecular complexity index is 709. The molecular formula is C12H14BrFN4OS. The van der Waals surface area contributed by atoms with E-state index >= 15 is 0 Å². The summed E-state index contributed by atoms with van der Waals surface area (Å²) in [6, 6.07) is 2.90. The second-order valence-electron chi connectivity index (χ2n) is 4.49. The monoisotopic (exact) mass is 360 g/mol. The van der Waals surface area contributed by atoms with Crippen LogP contribution in [0.25, 0.3) is 11.0 Å². The van der Waals surface area contributed by atoms with Crippen LogP contribution in [-0.4, -0.2) is 41.1 Å². The quantitative estimate of drug-likeness (QED) is 0.826. The number of benzene rings is 1. The molecule has 1 aromatic heterocycles. The largest absolute Gasteiger partial charge is 0.336 e. The average molecular weight is 361 g/mol. The van der Waals surface area contributed by atoms with Crippen molar-refractivity contribution >= 4 is 45.2 Å². The molecule has 2 aromatic rings. The molecule has 0 radical (unpaired) electrons. The van der Waals surface area contributed by atoms with E-state index in [1.54, 1.807) is 20.2 Å². The van der Waals surface area contributed by atoms with Crippen LogP contribution >= 0.6 is 28.1 Å². The Morgan fingerprint density at radius 3 is 2.90 bits per heavy atom. The van der Waals surface area contributed by atoms with Crippen LogP contribution in [0.15, 0.2) is 16.6 Å². The van der Waals surface area contributed by atoms with Crippen LogP contribution in [0.3, 0.4) is 0 Å². The van der Waals surface area contributed by atoms with Gasteiger partial charge in [-0.3, -0.25) is 0 Å². The maximum absolute atomic E-state index is 13.5. The van der Waals surface area contributed by atoms with Gasteiger partial charge in [0.2, 0.25) is 0 Å². The summed E-state index contributed by atoms with van der Waals surface area (Å²) < 4.78 is 16.2. The highest BCUT2D eigenvalue weighted by atomic mass is 79.9. The van der Waals surface area contributed by atoms with Crippen molar-refractivity contribution in [3.63, 3.8) is 0 Å². The fourth-order valence-electron chi connectivity index (χ4n) is 1.81. The molecule has 20 heavy (non-hydrogen) atoms. The molecule has 0 aliphatic heterocycles. The van der Waals surface area contributed by atoms with Crippen molar-refractivity contribution in [1.29, 1.82) is 0 Å². The van der Waals surface area contributed by atoms with Crippen molar-refractivity contribution in [3.05, 3.63) is 27.2 Å². The number of halogens is 2. The second kappa shape index (κ2) is 5.92. The van der Waals surface area contributed by atoms with E-state index < -0.39 is 0 Å². The van der Waals surface area contributed by atoms with Crippen LogP contribution in [0.4, 0.5) is 9.18 Å². The Labute approximate surface area is 128 Å². The Kier molecular flexibility index (Phi) is 4.44. The number of hydrogen-bond donors (Lipinski definition) is 2. The summed E-state index contributed by atoms with van der Waals surface area (Å²) in [7, 11) is 3.35. The molecule has 0 saturated carbocycles. The number of nitrogens with zero attached hydrogens (tertiary/aromatic N) is 2. The number of aromatic amines is 1. The molecule has 5 nitrogen and oxygen atoms in total. The van der Waals surface area contributed by atoms with Gasteiger partial charge in [0, 0.05) is 33.3 Å². The summed E-state index contributed by atoms with van der Waals surface area (Å²) in [4.78, 5) is 15.8. The lowest BCUT2D eigenvalue weighted by atomic mass is 10.3.